The summed E-state index contributed by atoms with van der Waals surface area (Å²) in [6.07, 6.45) is 1.34. The van der Waals surface area contributed by atoms with Gasteiger partial charge in [-0.25, -0.2) is 5.43 Å². The number of nitro groups is 1. The number of carbonyl (C=O) groups is 1. The maximum absolute atomic E-state index is 12.4. The molecule has 0 saturated heterocycles. The minimum atomic E-state index is -0.494. The van der Waals surface area contributed by atoms with Gasteiger partial charge in [0.05, 0.1) is 31.1 Å². The molecule has 0 atom stereocenters. The number of ether oxygens (including phenoxy) is 2. The second kappa shape index (κ2) is 11.8. The van der Waals surface area contributed by atoms with Crippen LogP contribution in [-0.4, -0.2) is 51.8 Å². The number of hydrazone groups is 1. The van der Waals surface area contributed by atoms with E-state index < -0.39 is 4.92 Å². The highest BCUT2D eigenvalue weighted by atomic mass is 32.2. The van der Waals surface area contributed by atoms with Crippen LogP contribution in [0.4, 0.5) is 5.69 Å². The van der Waals surface area contributed by atoms with Gasteiger partial charge in [-0.2, -0.15) is 5.10 Å². The molecule has 4 aromatic rings. The first-order valence-corrected chi connectivity index (χ1v) is 11.9. The summed E-state index contributed by atoms with van der Waals surface area (Å²) in [5.41, 5.74) is 4.48. The number of nitrogens with one attached hydrogen (secondary N) is 1. The predicted molar refractivity (Wildman–Crippen MR) is 139 cm³/mol. The number of carbonyl (C=O) groups excluding carboxylic acids is 1. The highest BCUT2D eigenvalue weighted by molar-refractivity contribution is 7.99. The van der Waals surface area contributed by atoms with E-state index in [2.05, 4.69) is 20.7 Å². The molecule has 3 aromatic carbocycles. The molecule has 0 spiro atoms. The third kappa shape index (κ3) is 6.30. The number of nitrogens with zero attached hydrogens (tertiary/aromatic N) is 5. The molecule has 0 fully saturated rings. The summed E-state index contributed by atoms with van der Waals surface area (Å²) in [6, 6.07) is 20.8. The van der Waals surface area contributed by atoms with Gasteiger partial charge in [-0.3, -0.25) is 19.5 Å². The Balaban J connectivity index is 1.51. The molecular formula is C25H22N6O5S. The lowest BCUT2D eigenvalue weighted by molar-refractivity contribution is -0.384. The number of amides is 1. The largest absolute Gasteiger partial charge is 0.497 e. The van der Waals surface area contributed by atoms with E-state index in [0.717, 1.165) is 17.0 Å². The summed E-state index contributed by atoms with van der Waals surface area (Å²) in [4.78, 5) is 22.8. The van der Waals surface area contributed by atoms with Crippen LogP contribution in [0, 0.1) is 10.1 Å². The third-order valence-electron chi connectivity index (χ3n) is 5.13. The average Bonchev–Trinajstić information content (AvgIpc) is 3.36. The van der Waals surface area contributed by atoms with Crippen LogP contribution in [0.5, 0.6) is 11.5 Å². The van der Waals surface area contributed by atoms with Gasteiger partial charge in [0.25, 0.3) is 11.6 Å². The molecule has 0 saturated carbocycles. The fraction of sp³-hybridized carbons (Fsp3) is 0.120. The van der Waals surface area contributed by atoms with Gasteiger partial charge in [-0.05, 0) is 48.5 Å². The molecule has 0 unspecified atom stereocenters. The highest BCUT2D eigenvalue weighted by Gasteiger charge is 2.17. The van der Waals surface area contributed by atoms with E-state index in [9.17, 15) is 14.9 Å². The van der Waals surface area contributed by atoms with Crippen LogP contribution in [0.1, 0.15) is 5.56 Å². The summed E-state index contributed by atoms with van der Waals surface area (Å²) >= 11 is 1.19. The minimum absolute atomic E-state index is 0.0170. The third-order valence-corrected chi connectivity index (χ3v) is 6.06. The summed E-state index contributed by atoms with van der Waals surface area (Å²) < 4.78 is 12.4. The van der Waals surface area contributed by atoms with Crippen molar-refractivity contribution in [2.24, 2.45) is 5.10 Å². The van der Waals surface area contributed by atoms with E-state index >= 15 is 0 Å². The maximum Gasteiger partial charge on any atom is 0.270 e. The Morgan fingerprint density at radius 3 is 2.38 bits per heavy atom. The van der Waals surface area contributed by atoms with Gasteiger partial charge in [-0.1, -0.05) is 23.9 Å². The average molecular weight is 519 g/mol. The molecule has 4 rings (SSSR count). The molecule has 11 nitrogen and oxygen atoms in total. The van der Waals surface area contributed by atoms with Crippen LogP contribution in [0.25, 0.3) is 17.1 Å². The number of nitro benzene ring substituents is 1. The van der Waals surface area contributed by atoms with Gasteiger partial charge < -0.3 is 9.47 Å². The molecule has 188 valence electrons. The highest BCUT2D eigenvalue weighted by Crippen LogP contribution is 2.29. The minimum Gasteiger partial charge on any atom is -0.497 e. The van der Waals surface area contributed by atoms with Gasteiger partial charge in [-0.15, -0.1) is 10.2 Å². The van der Waals surface area contributed by atoms with Crippen molar-refractivity contribution in [2.75, 3.05) is 20.0 Å². The molecule has 1 amide bonds. The number of methoxy groups -OCH3 is 2. The SMILES string of the molecule is COc1ccc(-c2nnc(SCC(=O)N/N=C/c3cccc([N+](=O)[O-])c3)n2-c2ccc(OC)cc2)cc1. The number of aromatic nitrogens is 3. The van der Waals surface area contributed by atoms with Crippen molar-refractivity contribution in [1.82, 2.24) is 20.2 Å². The molecule has 1 heterocycles. The molecular weight excluding hydrogens is 496 g/mol. The van der Waals surface area contributed by atoms with E-state index in [1.807, 2.05) is 53.1 Å². The first-order chi connectivity index (χ1) is 18.0. The standard InChI is InChI=1S/C25H22N6O5S/c1-35-21-10-6-18(7-11-21)24-28-29-25(30(24)19-8-12-22(36-2)13-9-19)37-16-23(32)27-26-15-17-4-3-5-20(14-17)31(33)34/h3-15H,16H2,1-2H3,(H,27,32)/b26-15+. The molecule has 0 bridgehead atoms. The number of non-ortho nitro benzene ring substituents is 1. The molecule has 12 heteroatoms. The van der Waals surface area contributed by atoms with Crippen molar-refractivity contribution in [3.63, 3.8) is 0 Å². The Labute approximate surface area is 216 Å². The van der Waals surface area contributed by atoms with E-state index in [0.29, 0.717) is 22.3 Å². The van der Waals surface area contributed by atoms with Crippen LogP contribution in [0.3, 0.4) is 0 Å². The second-order valence-corrected chi connectivity index (χ2v) is 8.44. The van der Waals surface area contributed by atoms with Crippen molar-refractivity contribution < 1.29 is 19.2 Å². The van der Waals surface area contributed by atoms with Gasteiger partial charge in [0.15, 0.2) is 11.0 Å². The van der Waals surface area contributed by atoms with Gasteiger partial charge in [0.2, 0.25) is 0 Å². The Hall–Kier alpha value is -4.71. The first-order valence-electron chi connectivity index (χ1n) is 10.9. The second-order valence-electron chi connectivity index (χ2n) is 7.50. The van der Waals surface area contributed by atoms with E-state index in [1.54, 1.807) is 26.4 Å². The van der Waals surface area contributed by atoms with Gasteiger partial charge in [0.1, 0.15) is 11.5 Å². The monoisotopic (exact) mass is 518 g/mol. The summed E-state index contributed by atoms with van der Waals surface area (Å²) in [7, 11) is 3.19. The normalized spacial score (nSPS) is 10.9. The predicted octanol–water partition coefficient (Wildman–Crippen LogP) is 4.10. The van der Waals surface area contributed by atoms with Crippen LogP contribution in [-0.2, 0) is 4.79 Å². The quantitative estimate of drug-likeness (QED) is 0.144. The molecule has 1 aromatic heterocycles. The van der Waals surface area contributed by atoms with E-state index in [1.165, 1.54) is 30.1 Å². The van der Waals surface area contributed by atoms with Crippen molar-refractivity contribution in [3.05, 3.63) is 88.5 Å². The molecule has 0 aliphatic heterocycles. The van der Waals surface area contributed by atoms with Crippen LogP contribution >= 0.6 is 11.8 Å². The van der Waals surface area contributed by atoms with Crippen molar-refractivity contribution in [3.8, 4) is 28.6 Å². The summed E-state index contributed by atoms with van der Waals surface area (Å²) in [5, 5.41) is 24.0. The van der Waals surface area contributed by atoms with Crippen molar-refractivity contribution in [1.29, 1.82) is 0 Å². The van der Waals surface area contributed by atoms with E-state index in [-0.39, 0.29) is 17.3 Å². The van der Waals surface area contributed by atoms with Gasteiger partial charge in [0, 0.05) is 28.9 Å². The Morgan fingerprint density at radius 1 is 1.05 bits per heavy atom. The number of thioether (sulfide) groups is 1. The lowest BCUT2D eigenvalue weighted by Gasteiger charge is -2.11. The number of hydrogen-bond donors (Lipinski definition) is 1. The summed E-state index contributed by atoms with van der Waals surface area (Å²) in [6.45, 7) is 0. The summed E-state index contributed by atoms with van der Waals surface area (Å²) in [5.74, 6) is 1.67. The first kappa shape index (κ1) is 25.4. The lowest BCUT2D eigenvalue weighted by Crippen LogP contribution is -2.20. The van der Waals surface area contributed by atoms with Crippen LogP contribution in [0.2, 0.25) is 0 Å². The smallest absolute Gasteiger partial charge is 0.270 e. The fourth-order valence-corrected chi connectivity index (χ4v) is 4.06. The van der Waals surface area contributed by atoms with Crippen molar-refractivity contribution in [2.45, 2.75) is 5.16 Å². The Kier molecular flexibility index (Phi) is 8.11. The molecule has 37 heavy (non-hydrogen) atoms. The van der Waals surface area contributed by atoms with Crippen LogP contribution in [0.15, 0.2) is 83.1 Å². The maximum atomic E-state index is 12.4. The molecule has 1 N–H and O–H groups in total. The molecule has 0 aliphatic carbocycles. The zero-order valence-electron chi connectivity index (χ0n) is 19.9. The Bertz CT molecular complexity index is 1420. The number of hydrogen-bond acceptors (Lipinski definition) is 9. The topological polar surface area (TPSA) is 134 Å². The number of rotatable bonds is 10. The number of benzene rings is 3. The Morgan fingerprint density at radius 2 is 1.73 bits per heavy atom. The van der Waals surface area contributed by atoms with E-state index in [4.69, 9.17) is 9.47 Å². The molecule has 0 aliphatic rings. The van der Waals surface area contributed by atoms with Crippen LogP contribution < -0.4 is 14.9 Å². The fourth-order valence-electron chi connectivity index (χ4n) is 3.31. The van der Waals surface area contributed by atoms with Gasteiger partial charge >= 0.3 is 0 Å². The zero-order chi connectivity index (χ0) is 26.2. The van der Waals surface area contributed by atoms with Crippen molar-refractivity contribution >= 4 is 29.6 Å². The molecule has 0 radical (unpaired) electrons. The lowest BCUT2D eigenvalue weighted by atomic mass is 10.2. The zero-order valence-corrected chi connectivity index (χ0v) is 20.7.